The minimum absolute atomic E-state index is 0. The van der Waals surface area contributed by atoms with Crippen molar-refractivity contribution in [2.24, 2.45) is 5.73 Å². The molecule has 0 radical (unpaired) electrons. The smallest absolute Gasteiger partial charge is 0.163 e. The Bertz CT molecular complexity index is 70.8. The van der Waals surface area contributed by atoms with E-state index >= 15 is 0 Å². The average Bonchev–Trinajstić information content (AvgIpc) is 1.27. The fourth-order valence-corrected chi connectivity index (χ4v) is 0.520. The van der Waals surface area contributed by atoms with E-state index in [-0.39, 0.29) is 7.43 Å². The number of rotatable bonds is 1. The molecule has 0 saturated heterocycles. The number of nitrogens with two attached hydrogens (primary N) is 1. The Labute approximate surface area is 56.5 Å². The van der Waals surface area contributed by atoms with E-state index in [2.05, 4.69) is 17.5 Å². The van der Waals surface area contributed by atoms with Crippen molar-refractivity contribution in [2.45, 2.75) is 27.3 Å². The maximum Gasteiger partial charge on any atom is 0.163 e. The first-order chi connectivity index (χ1) is 3.13. The lowest BCUT2D eigenvalue weighted by molar-refractivity contribution is 0.736. The molecule has 0 aromatic rings. The summed E-state index contributed by atoms with van der Waals surface area (Å²) in [4.78, 5) is 0. The van der Waals surface area contributed by atoms with Crippen molar-refractivity contribution in [3.05, 3.63) is 0 Å². The summed E-state index contributed by atoms with van der Waals surface area (Å²) in [6, 6.07) is 0.359. The minimum Gasteiger partial charge on any atom is -0.376 e. The van der Waals surface area contributed by atoms with E-state index in [0.29, 0.717) is 11.2 Å². The molecular weight excluding hydrogens is 120 g/mol. The van der Waals surface area contributed by atoms with E-state index in [4.69, 9.17) is 5.73 Å². The summed E-state index contributed by atoms with van der Waals surface area (Å²) >= 11 is 4.54. The quantitative estimate of drug-likeness (QED) is 0.522. The molecule has 0 aromatic carbocycles. The van der Waals surface area contributed by atoms with Crippen LogP contribution >= 0.6 is 12.2 Å². The molecule has 0 aliphatic heterocycles. The molecule has 3 N–H and O–H groups in total. The predicted octanol–water partition coefficient (Wildman–Crippen LogP) is 0.864. The summed E-state index contributed by atoms with van der Waals surface area (Å²) in [6.45, 7) is 3.97. The van der Waals surface area contributed by atoms with Crippen LogP contribution in [-0.2, 0) is 0 Å². The Morgan fingerprint density at radius 3 is 2.00 bits per heavy atom. The Balaban J connectivity index is 0. The van der Waals surface area contributed by atoms with Gasteiger partial charge in [-0.3, -0.25) is 0 Å². The van der Waals surface area contributed by atoms with E-state index in [0.717, 1.165) is 0 Å². The molecule has 0 unspecified atom stereocenters. The Morgan fingerprint density at radius 1 is 1.62 bits per heavy atom. The van der Waals surface area contributed by atoms with Crippen LogP contribution in [0.2, 0.25) is 0 Å². The van der Waals surface area contributed by atoms with Crippen LogP contribution in [0.15, 0.2) is 0 Å². The fourth-order valence-electron chi connectivity index (χ4n) is 0.285. The highest BCUT2D eigenvalue weighted by atomic mass is 32.1. The third-order valence-electron chi connectivity index (χ3n) is 0.431. The van der Waals surface area contributed by atoms with E-state index in [1.807, 2.05) is 13.8 Å². The van der Waals surface area contributed by atoms with Crippen molar-refractivity contribution < 1.29 is 0 Å². The lowest BCUT2D eigenvalue weighted by Crippen LogP contribution is -2.34. The summed E-state index contributed by atoms with van der Waals surface area (Å²) in [5.41, 5.74) is 5.11. The summed E-state index contributed by atoms with van der Waals surface area (Å²) in [7, 11) is 0. The first kappa shape index (κ1) is 10.6. The maximum absolute atomic E-state index is 5.11. The van der Waals surface area contributed by atoms with Gasteiger partial charge in [0.15, 0.2) is 5.11 Å². The molecule has 0 spiro atoms. The van der Waals surface area contributed by atoms with Crippen LogP contribution in [0.1, 0.15) is 21.3 Å². The summed E-state index contributed by atoms with van der Waals surface area (Å²) in [6.07, 6.45) is 0. The van der Waals surface area contributed by atoms with Crippen LogP contribution in [0.25, 0.3) is 0 Å². The Morgan fingerprint density at radius 2 is 2.00 bits per heavy atom. The van der Waals surface area contributed by atoms with Crippen LogP contribution in [0.4, 0.5) is 0 Å². The third kappa shape index (κ3) is 9.19. The van der Waals surface area contributed by atoms with E-state index < -0.39 is 0 Å². The van der Waals surface area contributed by atoms with Gasteiger partial charge in [-0.25, -0.2) is 0 Å². The monoisotopic (exact) mass is 134 g/mol. The first-order valence-electron chi connectivity index (χ1n) is 2.19. The third-order valence-corrected chi connectivity index (χ3v) is 0.549. The first-order valence-corrected chi connectivity index (χ1v) is 2.59. The number of hydrogen-bond acceptors (Lipinski definition) is 1. The second-order valence-corrected chi connectivity index (χ2v) is 2.10. The lowest BCUT2D eigenvalue weighted by atomic mass is 10.4. The van der Waals surface area contributed by atoms with E-state index in [1.54, 1.807) is 0 Å². The molecule has 0 saturated carbocycles. The molecule has 0 heterocycles. The molecular formula is C5H14N2S. The van der Waals surface area contributed by atoms with Crippen molar-refractivity contribution in [3.63, 3.8) is 0 Å². The van der Waals surface area contributed by atoms with Gasteiger partial charge in [0.05, 0.1) is 0 Å². The fraction of sp³-hybridized carbons (Fsp3) is 0.800. The number of hydrogen-bond donors (Lipinski definition) is 2. The molecule has 2 nitrogen and oxygen atoms in total. The van der Waals surface area contributed by atoms with E-state index in [1.165, 1.54) is 0 Å². The molecule has 0 bridgehead atoms. The topological polar surface area (TPSA) is 38.0 Å². The zero-order valence-electron chi connectivity index (χ0n) is 4.56. The van der Waals surface area contributed by atoms with Crippen molar-refractivity contribution in [2.75, 3.05) is 0 Å². The molecule has 3 heteroatoms. The highest BCUT2D eigenvalue weighted by Crippen LogP contribution is 1.72. The Kier molecular flexibility index (Phi) is 6.43. The Hall–Kier alpha value is -0.310. The molecule has 0 amide bonds. The molecule has 50 valence electrons. The highest BCUT2D eigenvalue weighted by Gasteiger charge is 1.88. The van der Waals surface area contributed by atoms with E-state index in [9.17, 15) is 0 Å². The summed E-state index contributed by atoms with van der Waals surface area (Å²) < 4.78 is 0. The van der Waals surface area contributed by atoms with Gasteiger partial charge in [-0.2, -0.15) is 0 Å². The van der Waals surface area contributed by atoms with Gasteiger partial charge in [-0.15, -0.1) is 0 Å². The number of nitrogens with one attached hydrogen (secondary N) is 1. The molecule has 0 aliphatic carbocycles. The number of thiocarbonyl (C=S) groups is 1. The zero-order chi connectivity index (χ0) is 5.86. The minimum atomic E-state index is 0. The van der Waals surface area contributed by atoms with Gasteiger partial charge >= 0.3 is 0 Å². The molecule has 0 atom stereocenters. The molecule has 0 rings (SSSR count). The van der Waals surface area contributed by atoms with Gasteiger partial charge in [0, 0.05) is 6.04 Å². The predicted molar refractivity (Wildman–Crippen MR) is 41.8 cm³/mol. The van der Waals surface area contributed by atoms with Gasteiger partial charge in [-0.05, 0) is 26.1 Å². The lowest BCUT2D eigenvalue weighted by Gasteiger charge is -2.04. The van der Waals surface area contributed by atoms with Crippen molar-refractivity contribution >= 4 is 17.3 Å². The second-order valence-electron chi connectivity index (χ2n) is 1.66. The SMILES string of the molecule is C.CC(C)NC(N)=S. The van der Waals surface area contributed by atoms with Crippen molar-refractivity contribution in [1.29, 1.82) is 0 Å². The molecule has 0 fully saturated rings. The summed E-state index contributed by atoms with van der Waals surface area (Å²) in [5, 5.41) is 3.19. The highest BCUT2D eigenvalue weighted by molar-refractivity contribution is 7.80. The largest absolute Gasteiger partial charge is 0.376 e. The normalized spacial score (nSPS) is 7.88. The molecule has 8 heavy (non-hydrogen) atoms. The van der Waals surface area contributed by atoms with Gasteiger partial charge in [-0.1, -0.05) is 7.43 Å². The summed E-state index contributed by atoms with van der Waals surface area (Å²) in [5.74, 6) is 0. The van der Waals surface area contributed by atoms with Gasteiger partial charge < -0.3 is 11.1 Å². The second kappa shape index (κ2) is 4.84. The van der Waals surface area contributed by atoms with Crippen molar-refractivity contribution in [3.8, 4) is 0 Å². The van der Waals surface area contributed by atoms with Crippen LogP contribution < -0.4 is 11.1 Å². The van der Waals surface area contributed by atoms with Gasteiger partial charge in [0.1, 0.15) is 0 Å². The van der Waals surface area contributed by atoms with Crippen LogP contribution in [0, 0.1) is 0 Å². The van der Waals surface area contributed by atoms with Crippen molar-refractivity contribution in [1.82, 2.24) is 5.32 Å². The van der Waals surface area contributed by atoms with Gasteiger partial charge in [0.2, 0.25) is 0 Å². The van der Waals surface area contributed by atoms with Crippen LogP contribution in [-0.4, -0.2) is 11.2 Å². The van der Waals surface area contributed by atoms with Crippen LogP contribution in [0.3, 0.4) is 0 Å². The maximum atomic E-state index is 5.11. The molecule has 0 aromatic heterocycles. The molecule has 0 aliphatic rings. The average molecular weight is 134 g/mol. The van der Waals surface area contributed by atoms with Crippen LogP contribution in [0.5, 0.6) is 0 Å². The van der Waals surface area contributed by atoms with Gasteiger partial charge in [0.25, 0.3) is 0 Å². The standard InChI is InChI=1S/C4H10N2S.CH4/c1-3(2)6-4(5)7;/h3H,1-2H3,(H3,5,6,7);1H4. The zero-order valence-corrected chi connectivity index (χ0v) is 5.38.